The van der Waals surface area contributed by atoms with Crippen LogP contribution in [0.3, 0.4) is 0 Å². The topological polar surface area (TPSA) is 83.6 Å². The molecule has 1 aromatic carbocycles. The Morgan fingerprint density at radius 1 is 1.32 bits per heavy atom. The van der Waals surface area contributed by atoms with E-state index < -0.39 is 11.9 Å². The van der Waals surface area contributed by atoms with Crippen LogP contribution in [0, 0.1) is 12.8 Å². The van der Waals surface area contributed by atoms with Crippen molar-refractivity contribution in [1.82, 2.24) is 10.1 Å². The standard InChI is InChI=1S/C16H16N2O4/c1-10-13(14(17-22-10)11-5-3-2-4-6-11)15(19)18-8-7-12(9-18)16(20)21/h2-6,12H,7-9H2,1H3,(H,20,21)/t12-/m0/s1. The first-order valence-corrected chi connectivity index (χ1v) is 7.11. The number of carbonyl (C=O) groups excluding carboxylic acids is 1. The van der Waals surface area contributed by atoms with E-state index in [9.17, 15) is 9.59 Å². The van der Waals surface area contributed by atoms with Gasteiger partial charge in [0.2, 0.25) is 0 Å². The molecule has 0 saturated carbocycles. The maximum Gasteiger partial charge on any atom is 0.308 e. The summed E-state index contributed by atoms with van der Waals surface area (Å²) < 4.78 is 5.19. The molecule has 0 bridgehead atoms. The van der Waals surface area contributed by atoms with E-state index in [1.807, 2.05) is 30.3 Å². The molecule has 22 heavy (non-hydrogen) atoms. The molecular formula is C16H16N2O4. The van der Waals surface area contributed by atoms with Crippen LogP contribution in [-0.4, -0.2) is 40.1 Å². The summed E-state index contributed by atoms with van der Waals surface area (Å²) >= 11 is 0. The Labute approximate surface area is 127 Å². The summed E-state index contributed by atoms with van der Waals surface area (Å²) in [6.07, 6.45) is 0.478. The van der Waals surface area contributed by atoms with E-state index in [2.05, 4.69) is 5.16 Å². The molecule has 6 nitrogen and oxygen atoms in total. The third kappa shape index (κ3) is 2.47. The van der Waals surface area contributed by atoms with Crippen molar-refractivity contribution in [3.8, 4) is 11.3 Å². The van der Waals surface area contributed by atoms with Gasteiger partial charge in [-0.05, 0) is 13.3 Å². The van der Waals surface area contributed by atoms with Crippen molar-refractivity contribution in [1.29, 1.82) is 0 Å². The lowest BCUT2D eigenvalue weighted by Crippen LogP contribution is -2.30. The lowest BCUT2D eigenvalue weighted by Gasteiger charge is -2.15. The van der Waals surface area contributed by atoms with E-state index in [1.165, 1.54) is 0 Å². The summed E-state index contributed by atoms with van der Waals surface area (Å²) in [4.78, 5) is 25.3. The summed E-state index contributed by atoms with van der Waals surface area (Å²) in [6.45, 7) is 2.36. The number of aliphatic carboxylic acids is 1. The molecule has 0 spiro atoms. The van der Waals surface area contributed by atoms with Crippen LogP contribution >= 0.6 is 0 Å². The van der Waals surface area contributed by atoms with Crippen molar-refractivity contribution >= 4 is 11.9 Å². The maximum atomic E-state index is 12.7. The summed E-state index contributed by atoms with van der Waals surface area (Å²) in [5.74, 6) is -1.13. The van der Waals surface area contributed by atoms with Crippen molar-refractivity contribution in [2.24, 2.45) is 5.92 Å². The van der Waals surface area contributed by atoms with Gasteiger partial charge in [0, 0.05) is 18.7 Å². The second-order valence-electron chi connectivity index (χ2n) is 5.40. The molecule has 2 heterocycles. The van der Waals surface area contributed by atoms with Crippen LogP contribution in [0.15, 0.2) is 34.9 Å². The van der Waals surface area contributed by atoms with Gasteiger partial charge in [0.05, 0.1) is 5.92 Å². The molecule has 0 radical (unpaired) electrons. The summed E-state index contributed by atoms with van der Waals surface area (Å²) in [5, 5.41) is 13.1. The molecule has 114 valence electrons. The van der Waals surface area contributed by atoms with E-state index in [0.717, 1.165) is 5.56 Å². The number of aryl methyl sites for hydroxylation is 1. The number of aromatic nitrogens is 1. The molecular weight excluding hydrogens is 284 g/mol. The van der Waals surface area contributed by atoms with Gasteiger partial charge in [-0.2, -0.15) is 0 Å². The minimum Gasteiger partial charge on any atom is -0.481 e. The van der Waals surface area contributed by atoms with Crippen molar-refractivity contribution in [3.63, 3.8) is 0 Å². The molecule has 6 heteroatoms. The Bertz CT molecular complexity index is 708. The normalized spacial score (nSPS) is 17.7. The molecule has 1 fully saturated rings. The first-order chi connectivity index (χ1) is 10.6. The van der Waals surface area contributed by atoms with Crippen LogP contribution < -0.4 is 0 Å². The largest absolute Gasteiger partial charge is 0.481 e. The van der Waals surface area contributed by atoms with E-state index in [-0.39, 0.29) is 12.5 Å². The van der Waals surface area contributed by atoms with Crippen LogP contribution in [0.4, 0.5) is 0 Å². The number of nitrogens with zero attached hydrogens (tertiary/aromatic N) is 2. The predicted octanol–water partition coefficient (Wildman–Crippen LogP) is 2.20. The Morgan fingerprint density at radius 3 is 2.68 bits per heavy atom. The SMILES string of the molecule is Cc1onc(-c2ccccc2)c1C(=O)N1CC[C@H](C(=O)O)C1. The van der Waals surface area contributed by atoms with Crippen LogP contribution in [0.5, 0.6) is 0 Å². The van der Waals surface area contributed by atoms with Gasteiger partial charge in [0.25, 0.3) is 5.91 Å². The molecule has 1 N–H and O–H groups in total. The molecule has 1 aliphatic heterocycles. The molecule has 3 rings (SSSR count). The number of amides is 1. The van der Waals surface area contributed by atoms with Gasteiger partial charge in [0.1, 0.15) is 17.0 Å². The second-order valence-corrected chi connectivity index (χ2v) is 5.40. The van der Waals surface area contributed by atoms with E-state index in [1.54, 1.807) is 11.8 Å². The number of rotatable bonds is 3. The Hall–Kier alpha value is -2.63. The third-order valence-corrected chi connectivity index (χ3v) is 3.95. The van der Waals surface area contributed by atoms with Crippen molar-refractivity contribution < 1.29 is 19.2 Å². The quantitative estimate of drug-likeness (QED) is 0.939. The molecule has 1 saturated heterocycles. The molecule has 1 aromatic heterocycles. The summed E-state index contributed by atoms with van der Waals surface area (Å²) in [7, 11) is 0. The highest BCUT2D eigenvalue weighted by molar-refractivity contribution is 6.01. The monoisotopic (exact) mass is 300 g/mol. The van der Waals surface area contributed by atoms with Gasteiger partial charge in [-0.3, -0.25) is 9.59 Å². The number of hydrogen-bond donors (Lipinski definition) is 1. The first kappa shape index (κ1) is 14.3. The Morgan fingerprint density at radius 2 is 2.05 bits per heavy atom. The molecule has 0 unspecified atom stereocenters. The average molecular weight is 300 g/mol. The van der Waals surface area contributed by atoms with Gasteiger partial charge in [-0.15, -0.1) is 0 Å². The van der Waals surface area contributed by atoms with Gasteiger partial charge in [-0.25, -0.2) is 0 Å². The van der Waals surface area contributed by atoms with Gasteiger partial charge < -0.3 is 14.5 Å². The predicted molar refractivity (Wildman–Crippen MR) is 78.3 cm³/mol. The molecule has 1 atom stereocenters. The van der Waals surface area contributed by atoms with Gasteiger partial charge >= 0.3 is 5.97 Å². The Balaban J connectivity index is 1.91. The van der Waals surface area contributed by atoms with Crippen LogP contribution in [-0.2, 0) is 4.79 Å². The number of carboxylic acid groups (broad SMARTS) is 1. The maximum absolute atomic E-state index is 12.7. The molecule has 0 aliphatic carbocycles. The average Bonchev–Trinajstić information content (AvgIpc) is 3.14. The van der Waals surface area contributed by atoms with Crippen LogP contribution in [0.2, 0.25) is 0 Å². The highest BCUT2D eigenvalue weighted by Crippen LogP contribution is 2.28. The minimum atomic E-state index is -0.861. The van der Waals surface area contributed by atoms with Gasteiger partial charge in [-0.1, -0.05) is 35.5 Å². The number of hydrogen-bond acceptors (Lipinski definition) is 4. The van der Waals surface area contributed by atoms with E-state index in [0.29, 0.717) is 30.0 Å². The summed E-state index contributed by atoms with van der Waals surface area (Å²) in [6, 6.07) is 9.33. The lowest BCUT2D eigenvalue weighted by atomic mass is 10.1. The zero-order valence-corrected chi connectivity index (χ0v) is 12.2. The lowest BCUT2D eigenvalue weighted by molar-refractivity contribution is -0.141. The number of benzene rings is 1. The fraction of sp³-hybridized carbons (Fsp3) is 0.312. The van der Waals surface area contributed by atoms with E-state index >= 15 is 0 Å². The fourth-order valence-electron chi connectivity index (χ4n) is 2.72. The second kappa shape index (κ2) is 5.63. The molecule has 2 aromatic rings. The fourth-order valence-corrected chi connectivity index (χ4v) is 2.72. The van der Waals surface area contributed by atoms with Crippen molar-refractivity contribution in [2.75, 3.05) is 13.1 Å². The smallest absolute Gasteiger partial charge is 0.308 e. The van der Waals surface area contributed by atoms with Crippen LogP contribution in [0.25, 0.3) is 11.3 Å². The highest BCUT2D eigenvalue weighted by atomic mass is 16.5. The zero-order chi connectivity index (χ0) is 15.7. The molecule has 1 amide bonds. The highest BCUT2D eigenvalue weighted by Gasteiger charge is 2.34. The van der Waals surface area contributed by atoms with Crippen molar-refractivity contribution in [3.05, 3.63) is 41.7 Å². The third-order valence-electron chi connectivity index (χ3n) is 3.95. The van der Waals surface area contributed by atoms with Crippen molar-refractivity contribution in [2.45, 2.75) is 13.3 Å². The molecule has 1 aliphatic rings. The zero-order valence-electron chi connectivity index (χ0n) is 12.2. The number of likely N-dealkylation sites (tertiary alicyclic amines) is 1. The summed E-state index contributed by atoms with van der Waals surface area (Å²) in [5.41, 5.74) is 1.72. The van der Waals surface area contributed by atoms with Crippen LogP contribution in [0.1, 0.15) is 22.5 Å². The number of carboxylic acids is 1. The van der Waals surface area contributed by atoms with Gasteiger partial charge in [0.15, 0.2) is 0 Å². The number of carbonyl (C=O) groups is 2. The first-order valence-electron chi connectivity index (χ1n) is 7.11. The minimum absolute atomic E-state index is 0.221. The van der Waals surface area contributed by atoms with E-state index in [4.69, 9.17) is 9.63 Å². The Kier molecular flexibility index (Phi) is 3.66.